The lowest BCUT2D eigenvalue weighted by atomic mass is 9.96. The molecule has 4 rings (SSSR count). The molecule has 6 nitrogen and oxygen atoms in total. The molecule has 0 bridgehead atoms. The molecular weight excluding hydrogens is 338 g/mol. The lowest BCUT2D eigenvalue weighted by molar-refractivity contribution is -0.132. The van der Waals surface area contributed by atoms with Crippen molar-refractivity contribution in [3.63, 3.8) is 0 Å². The second kappa shape index (κ2) is 8.37. The van der Waals surface area contributed by atoms with Gasteiger partial charge in [0, 0.05) is 50.6 Å². The van der Waals surface area contributed by atoms with Gasteiger partial charge in [0.05, 0.1) is 0 Å². The Labute approximate surface area is 159 Å². The van der Waals surface area contributed by atoms with Crippen LogP contribution in [0.5, 0.6) is 0 Å². The number of fused-ring (bicyclic) bond motifs is 1. The summed E-state index contributed by atoms with van der Waals surface area (Å²) < 4.78 is 4.25. The number of rotatable bonds is 7. The molecule has 0 aromatic carbocycles. The zero-order chi connectivity index (χ0) is 18.5. The Morgan fingerprint density at radius 3 is 2.78 bits per heavy atom. The van der Waals surface area contributed by atoms with E-state index in [1.165, 1.54) is 0 Å². The molecule has 1 saturated heterocycles. The van der Waals surface area contributed by atoms with Crippen LogP contribution in [-0.2, 0) is 11.3 Å². The Morgan fingerprint density at radius 2 is 1.89 bits per heavy atom. The molecule has 0 N–H and O–H groups in total. The normalized spacial score (nSPS) is 17.5. The van der Waals surface area contributed by atoms with Gasteiger partial charge in [-0.2, -0.15) is 0 Å². The standard InChI is InChI=1S/C21H27N5O/c27-20(11-2-1-4-12-24-13-6-7-14-24)25-15-8-9-18(17-25)21-23-22-19-10-3-5-16-26(19)21/h3,5-7,10,13-14,16,18H,1-2,4,8-9,11-12,15,17H2/t18-/m0/s1. The van der Waals surface area contributed by atoms with E-state index in [9.17, 15) is 4.79 Å². The van der Waals surface area contributed by atoms with Crippen LogP contribution in [0.2, 0.25) is 0 Å². The summed E-state index contributed by atoms with van der Waals surface area (Å²) in [5.74, 6) is 1.54. The van der Waals surface area contributed by atoms with Gasteiger partial charge in [0.25, 0.3) is 0 Å². The van der Waals surface area contributed by atoms with E-state index in [0.717, 1.165) is 63.2 Å². The summed E-state index contributed by atoms with van der Waals surface area (Å²) in [5, 5.41) is 8.66. The highest BCUT2D eigenvalue weighted by molar-refractivity contribution is 5.76. The van der Waals surface area contributed by atoms with Crippen LogP contribution >= 0.6 is 0 Å². The quantitative estimate of drug-likeness (QED) is 0.602. The Bertz CT molecular complexity index is 870. The van der Waals surface area contributed by atoms with Crippen molar-refractivity contribution in [1.82, 2.24) is 24.1 Å². The molecule has 1 amide bonds. The molecule has 3 aromatic heterocycles. The topological polar surface area (TPSA) is 55.4 Å². The highest BCUT2D eigenvalue weighted by atomic mass is 16.2. The summed E-state index contributed by atoms with van der Waals surface area (Å²) >= 11 is 0. The maximum atomic E-state index is 12.6. The number of nitrogens with zero attached hydrogens (tertiary/aromatic N) is 5. The number of carbonyl (C=O) groups is 1. The lowest BCUT2D eigenvalue weighted by Gasteiger charge is -2.32. The molecule has 0 saturated carbocycles. The van der Waals surface area contributed by atoms with Crippen molar-refractivity contribution in [2.24, 2.45) is 0 Å². The molecule has 0 unspecified atom stereocenters. The van der Waals surface area contributed by atoms with Gasteiger partial charge in [-0.05, 0) is 49.9 Å². The van der Waals surface area contributed by atoms with Crippen LogP contribution in [-0.4, -0.2) is 43.1 Å². The summed E-state index contributed by atoms with van der Waals surface area (Å²) in [6, 6.07) is 10.0. The van der Waals surface area contributed by atoms with Crippen molar-refractivity contribution in [3.8, 4) is 0 Å². The van der Waals surface area contributed by atoms with Crippen molar-refractivity contribution >= 4 is 11.6 Å². The predicted molar refractivity (Wildman–Crippen MR) is 104 cm³/mol. The van der Waals surface area contributed by atoms with E-state index < -0.39 is 0 Å². The van der Waals surface area contributed by atoms with E-state index in [0.29, 0.717) is 6.42 Å². The fraction of sp³-hybridized carbons (Fsp3) is 0.476. The van der Waals surface area contributed by atoms with Crippen LogP contribution < -0.4 is 0 Å². The number of carbonyl (C=O) groups excluding carboxylic acids is 1. The molecule has 1 fully saturated rings. The first-order valence-electron chi connectivity index (χ1n) is 9.99. The molecule has 6 heteroatoms. The average Bonchev–Trinajstić information content (AvgIpc) is 3.37. The summed E-state index contributed by atoms with van der Waals surface area (Å²) in [6.07, 6.45) is 12.1. The molecule has 142 valence electrons. The maximum Gasteiger partial charge on any atom is 0.222 e. The Morgan fingerprint density at radius 1 is 1.04 bits per heavy atom. The summed E-state index contributed by atoms with van der Waals surface area (Å²) in [5.41, 5.74) is 0.874. The smallest absolute Gasteiger partial charge is 0.222 e. The van der Waals surface area contributed by atoms with Crippen LogP contribution in [0.25, 0.3) is 5.65 Å². The van der Waals surface area contributed by atoms with Gasteiger partial charge in [-0.3, -0.25) is 9.20 Å². The molecule has 27 heavy (non-hydrogen) atoms. The monoisotopic (exact) mass is 365 g/mol. The number of piperidine rings is 1. The molecule has 1 atom stereocenters. The van der Waals surface area contributed by atoms with E-state index in [2.05, 4.69) is 43.7 Å². The van der Waals surface area contributed by atoms with E-state index in [-0.39, 0.29) is 11.8 Å². The molecule has 0 aliphatic carbocycles. The third kappa shape index (κ3) is 4.21. The summed E-state index contributed by atoms with van der Waals surface area (Å²) in [7, 11) is 0. The van der Waals surface area contributed by atoms with Crippen molar-refractivity contribution in [2.45, 2.75) is 51.0 Å². The van der Waals surface area contributed by atoms with Crippen LogP contribution in [0.15, 0.2) is 48.9 Å². The SMILES string of the molecule is O=C(CCCCCn1cccc1)N1CCC[C@H](c2nnc3ccccn23)C1. The third-order valence-corrected chi connectivity index (χ3v) is 5.45. The number of aryl methyl sites for hydroxylation is 1. The predicted octanol–water partition coefficient (Wildman–Crippen LogP) is 3.50. The highest BCUT2D eigenvalue weighted by Crippen LogP contribution is 2.26. The van der Waals surface area contributed by atoms with E-state index in [4.69, 9.17) is 0 Å². The second-order valence-electron chi connectivity index (χ2n) is 7.40. The average molecular weight is 365 g/mol. The van der Waals surface area contributed by atoms with E-state index in [1.807, 2.05) is 29.3 Å². The number of pyridine rings is 1. The van der Waals surface area contributed by atoms with Gasteiger partial charge in [0.2, 0.25) is 5.91 Å². The Hall–Kier alpha value is -2.63. The molecule has 1 aliphatic rings. The number of unbranched alkanes of at least 4 members (excludes halogenated alkanes) is 2. The van der Waals surface area contributed by atoms with Crippen molar-refractivity contribution in [2.75, 3.05) is 13.1 Å². The lowest BCUT2D eigenvalue weighted by Crippen LogP contribution is -2.39. The van der Waals surface area contributed by atoms with Crippen LogP contribution in [0, 0.1) is 0 Å². The van der Waals surface area contributed by atoms with Gasteiger partial charge in [0.15, 0.2) is 5.65 Å². The van der Waals surface area contributed by atoms with Gasteiger partial charge >= 0.3 is 0 Å². The van der Waals surface area contributed by atoms with Crippen molar-refractivity contribution in [3.05, 3.63) is 54.7 Å². The third-order valence-electron chi connectivity index (χ3n) is 5.45. The molecule has 1 aliphatic heterocycles. The van der Waals surface area contributed by atoms with Crippen LogP contribution in [0.4, 0.5) is 0 Å². The Balaban J connectivity index is 1.27. The first kappa shape index (κ1) is 17.8. The number of hydrogen-bond acceptors (Lipinski definition) is 3. The number of hydrogen-bond donors (Lipinski definition) is 0. The largest absolute Gasteiger partial charge is 0.354 e. The fourth-order valence-electron chi connectivity index (χ4n) is 3.98. The van der Waals surface area contributed by atoms with Crippen molar-refractivity contribution < 1.29 is 4.79 Å². The van der Waals surface area contributed by atoms with Gasteiger partial charge in [-0.25, -0.2) is 0 Å². The van der Waals surface area contributed by atoms with E-state index >= 15 is 0 Å². The minimum Gasteiger partial charge on any atom is -0.354 e. The Kier molecular flexibility index (Phi) is 5.51. The van der Waals surface area contributed by atoms with Crippen LogP contribution in [0.1, 0.15) is 50.3 Å². The molecule has 0 spiro atoms. The molecule has 4 heterocycles. The molecule has 0 radical (unpaired) electrons. The minimum atomic E-state index is 0.272. The summed E-state index contributed by atoms with van der Waals surface area (Å²) in [6.45, 7) is 2.67. The fourth-order valence-corrected chi connectivity index (χ4v) is 3.98. The minimum absolute atomic E-state index is 0.272. The van der Waals surface area contributed by atoms with E-state index in [1.54, 1.807) is 0 Å². The first-order chi connectivity index (χ1) is 13.3. The number of amides is 1. The molecule has 3 aromatic rings. The van der Waals surface area contributed by atoms with Gasteiger partial charge in [-0.15, -0.1) is 10.2 Å². The van der Waals surface area contributed by atoms with Crippen LogP contribution in [0.3, 0.4) is 0 Å². The van der Waals surface area contributed by atoms with Gasteiger partial charge in [0.1, 0.15) is 5.82 Å². The first-order valence-corrected chi connectivity index (χ1v) is 9.99. The number of likely N-dealkylation sites (tertiary alicyclic amines) is 1. The van der Waals surface area contributed by atoms with Gasteiger partial charge < -0.3 is 9.47 Å². The zero-order valence-electron chi connectivity index (χ0n) is 15.7. The highest BCUT2D eigenvalue weighted by Gasteiger charge is 2.27. The van der Waals surface area contributed by atoms with Crippen molar-refractivity contribution in [1.29, 1.82) is 0 Å². The summed E-state index contributed by atoms with van der Waals surface area (Å²) in [4.78, 5) is 14.7. The second-order valence-corrected chi connectivity index (χ2v) is 7.40. The molecular formula is C21H27N5O. The zero-order valence-corrected chi connectivity index (χ0v) is 15.7. The van der Waals surface area contributed by atoms with Gasteiger partial charge in [-0.1, -0.05) is 12.5 Å². The maximum absolute atomic E-state index is 12.6. The number of aromatic nitrogens is 4.